The molecule has 1 aliphatic heterocycles. The molecule has 0 fully saturated rings. The van der Waals surface area contributed by atoms with E-state index >= 15 is 0 Å². The van der Waals surface area contributed by atoms with Crippen LogP contribution in [0.4, 0.5) is 5.69 Å². The predicted molar refractivity (Wildman–Crippen MR) is 69.0 cm³/mol. The molecule has 0 saturated carbocycles. The van der Waals surface area contributed by atoms with Gasteiger partial charge in [-0.05, 0) is 28.1 Å². The molecule has 0 aliphatic carbocycles. The molecule has 2 unspecified atom stereocenters. The second-order valence-corrected chi connectivity index (χ2v) is 7.44. The number of benzene rings is 1. The van der Waals surface area contributed by atoms with Gasteiger partial charge in [-0.15, -0.1) is 0 Å². The van der Waals surface area contributed by atoms with Gasteiger partial charge in [-0.25, -0.2) is 10.1 Å². The maximum atomic E-state index is 11.0. The Labute approximate surface area is 114 Å². The van der Waals surface area contributed by atoms with Gasteiger partial charge in [-0.2, -0.15) is 0 Å². The fourth-order valence-electron chi connectivity index (χ4n) is 1.51. The van der Waals surface area contributed by atoms with Crippen LogP contribution in [0.1, 0.15) is 0 Å². The van der Waals surface area contributed by atoms with Crippen LogP contribution in [0.25, 0.3) is 0 Å². The Hall–Kier alpha value is -0.870. The minimum absolute atomic E-state index is 0.236. The van der Waals surface area contributed by atoms with Crippen LogP contribution in [-0.4, -0.2) is 15.5 Å². The first-order valence-electron chi connectivity index (χ1n) is 4.20. The van der Waals surface area contributed by atoms with E-state index in [1.165, 1.54) is 0 Å². The largest absolute Gasteiger partial charge is 0.507 e. The smallest absolute Gasteiger partial charge is 0.258 e. The first-order chi connectivity index (χ1) is 7.95. The fourth-order valence-corrected chi connectivity index (χ4v) is 5.19. The van der Waals surface area contributed by atoms with Crippen molar-refractivity contribution in [2.45, 2.75) is 10.4 Å². The molecule has 1 aromatic carbocycles. The maximum absolute atomic E-state index is 11.0. The van der Waals surface area contributed by atoms with Crippen molar-refractivity contribution < 1.29 is 9.96 Å². The molecule has 0 radical (unpaired) electrons. The van der Waals surface area contributed by atoms with Crippen LogP contribution in [0.2, 0.25) is 0 Å². The van der Waals surface area contributed by atoms with Gasteiger partial charge in [-0.3, -0.25) is 10.1 Å². The number of hydrazine groups is 1. The molecule has 0 aromatic heterocycles. The van der Waals surface area contributed by atoms with Gasteiger partial charge < -0.3 is 0 Å². The van der Waals surface area contributed by atoms with Gasteiger partial charge in [0.25, 0.3) is 0 Å². The molecule has 1 aromatic rings. The lowest BCUT2D eigenvalue weighted by Gasteiger charge is -2.06. The number of anilines is 1. The summed E-state index contributed by atoms with van der Waals surface area (Å²) in [5, 5.41) is 21.7. The van der Waals surface area contributed by atoms with Crippen molar-refractivity contribution >= 4 is 45.8 Å². The van der Waals surface area contributed by atoms with E-state index in [0.29, 0.717) is 14.4 Å². The van der Waals surface area contributed by atoms with Crippen molar-refractivity contribution in [1.29, 1.82) is 0 Å². The van der Waals surface area contributed by atoms with Crippen LogP contribution in [0.15, 0.2) is 27.6 Å². The highest BCUT2D eigenvalue weighted by Crippen LogP contribution is 2.46. The fraction of sp³-hybridized carbons (Fsp3) is 0.143. The Morgan fingerprint density at radius 1 is 1.35 bits per heavy atom. The lowest BCUT2D eigenvalue weighted by Crippen LogP contribution is -2.43. The van der Waals surface area contributed by atoms with Crippen molar-refractivity contribution in [2.24, 2.45) is 0 Å². The van der Waals surface area contributed by atoms with Gasteiger partial charge in [0.15, 0.2) is 10.7 Å². The summed E-state index contributed by atoms with van der Waals surface area (Å²) in [5.74, 6) is 0. The van der Waals surface area contributed by atoms with Crippen LogP contribution in [0.3, 0.4) is 0 Å². The number of para-hydroxylation sites is 1. The van der Waals surface area contributed by atoms with E-state index in [1.54, 1.807) is 18.2 Å². The standard InChI is InChI=1S/C7H4Br2N3O4S/c8-4-2-1-3-5-6(4)10(12(15)16)7(11(13)14)17(5)9/h1-3,7H/q+1. The molecule has 0 spiro atoms. The van der Waals surface area contributed by atoms with Crippen LogP contribution in [0, 0.1) is 20.2 Å². The Kier molecular flexibility index (Phi) is 3.27. The molecular formula is C7H4Br2N3O4S+. The third kappa shape index (κ3) is 1.89. The number of nitrogens with zero attached hydrogens (tertiary/aromatic N) is 3. The zero-order valence-electron chi connectivity index (χ0n) is 7.95. The van der Waals surface area contributed by atoms with Crippen LogP contribution in [0.5, 0.6) is 0 Å². The first kappa shape index (κ1) is 12.6. The van der Waals surface area contributed by atoms with Gasteiger partial charge in [0, 0.05) is 5.01 Å². The number of hydrogen-bond acceptors (Lipinski definition) is 4. The number of nitro groups is 2. The summed E-state index contributed by atoms with van der Waals surface area (Å²) in [6.07, 6.45) is 0. The van der Waals surface area contributed by atoms with Gasteiger partial charge in [0.05, 0.1) is 4.47 Å². The monoisotopic (exact) mass is 384 g/mol. The van der Waals surface area contributed by atoms with Gasteiger partial charge in [-0.1, -0.05) is 6.07 Å². The highest BCUT2D eigenvalue weighted by molar-refractivity contribution is 9.48. The zero-order valence-corrected chi connectivity index (χ0v) is 11.9. The summed E-state index contributed by atoms with van der Waals surface area (Å²) < 4.78 is 0.466. The summed E-state index contributed by atoms with van der Waals surface area (Å²) in [7, 11) is -1.01. The lowest BCUT2D eigenvalue weighted by atomic mass is 10.3. The molecule has 7 nitrogen and oxygen atoms in total. The molecule has 2 atom stereocenters. The number of halogens is 2. The highest BCUT2D eigenvalue weighted by Gasteiger charge is 2.63. The number of rotatable bonds is 2. The summed E-state index contributed by atoms with van der Waals surface area (Å²) in [4.78, 5) is 21.8. The summed E-state index contributed by atoms with van der Waals surface area (Å²) in [6, 6.07) is 4.93. The Morgan fingerprint density at radius 3 is 2.53 bits per heavy atom. The van der Waals surface area contributed by atoms with E-state index in [2.05, 4.69) is 30.7 Å². The van der Waals surface area contributed by atoms with Crippen molar-refractivity contribution in [3.05, 3.63) is 42.9 Å². The summed E-state index contributed by atoms with van der Waals surface area (Å²) >= 11 is 6.34. The normalized spacial score (nSPS) is 22.4. The van der Waals surface area contributed by atoms with E-state index in [-0.39, 0.29) is 5.69 Å². The van der Waals surface area contributed by atoms with E-state index < -0.39 is 24.8 Å². The van der Waals surface area contributed by atoms with E-state index in [9.17, 15) is 20.2 Å². The second-order valence-electron chi connectivity index (χ2n) is 3.06. The van der Waals surface area contributed by atoms with Crippen LogP contribution in [-0.2, 0) is 9.33 Å². The van der Waals surface area contributed by atoms with E-state index in [4.69, 9.17) is 0 Å². The molecule has 2 rings (SSSR count). The molecule has 1 aliphatic rings. The average molecular weight is 386 g/mol. The molecule has 0 saturated heterocycles. The van der Waals surface area contributed by atoms with Gasteiger partial charge in [0.1, 0.15) is 4.92 Å². The molecular weight excluding hydrogens is 382 g/mol. The minimum Gasteiger partial charge on any atom is -0.258 e. The topological polar surface area (TPSA) is 89.5 Å². The molecule has 1 heterocycles. The molecule has 0 N–H and O–H groups in total. The van der Waals surface area contributed by atoms with Gasteiger partial charge >= 0.3 is 5.50 Å². The molecule has 10 heteroatoms. The van der Waals surface area contributed by atoms with Crippen molar-refractivity contribution in [1.82, 2.24) is 0 Å². The van der Waals surface area contributed by atoms with Gasteiger partial charge in [0.2, 0.25) is 29.0 Å². The minimum atomic E-state index is -1.42. The first-order valence-corrected chi connectivity index (χ1v) is 8.12. The summed E-state index contributed by atoms with van der Waals surface area (Å²) in [6.45, 7) is 0. The maximum Gasteiger partial charge on any atom is 0.507 e. The zero-order chi connectivity index (χ0) is 12.7. The van der Waals surface area contributed by atoms with E-state index in [1.807, 2.05) is 0 Å². The SMILES string of the molecule is O=[N+]([O-])C1N([N+](=O)[O-])c2c(Br)cccc2[S+]1Br. The molecule has 0 bridgehead atoms. The second kappa shape index (κ2) is 4.42. The third-order valence-corrected chi connectivity index (χ3v) is 6.32. The van der Waals surface area contributed by atoms with Crippen molar-refractivity contribution in [3.8, 4) is 0 Å². The Balaban J connectivity index is 2.64. The third-order valence-electron chi connectivity index (χ3n) is 2.14. The van der Waals surface area contributed by atoms with E-state index in [0.717, 1.165) is 0 Å². The number of fused-ring (bicyclic) bond motifs is 1. The molecule has 0 amide bonds. The average Bonchev–Trinajstić information content (AvgIpc) is 2.54. The Morgan fingerprint density at radius 2 is 2.00 bits per heavy atom. The van der Waals surface area contributed by atoms with Crippen LogP contribution < -0.4 is 5.01 Å². The van der Waals surface area contributed by atoms with Crippen molar-refractivity contribution in [3.63, 3.8) is 0 Å². The predicted octanol–water partition coefficient (Wildman–Crippen LogP) is 2.31. The molecule has 17 heavy (non-hydrogen) atoms. The highest BCUT2D eigenvalue weighted by atomic mass is 79.9. The quantitative estimate of drug-likeness (QED) is 0.442. The number of hydrogen-bond donors (Lipinski definition) is 0. The van der Waals surface area contributed by atoms with Crippen molar-refractivity contribution in [2.75, 3.05) is 5.01 Å². The lowest BCUT2D eigenvalue weighted by molar-refractivity contribution is -0.578. The van der Waals surface area contributed by atoms with Crippen LogP contribution >= 0.6 is 30.7 Å². The summed E-state index contributed by atoms with van der Waals surface area (Å²) in [5.41, 5.74) is -1.18. The molecule has 90 valence electrons. The Bertz CT molecular complexity index is 514.